The molecule has 0 bridgehead atoms. The van der Waals surface area contributed by atoms with Gasteiger partial charge in [-0.15, -0.1) is 0 Å². The molecule has 2 amide bonds. The highest BCUT2D eigenvalue weighted by Gasteiger charge is 2.34. The third-order valence-electron chi connectivity index (χ3n) is 4.29. The van der Waals surface area contributed by atoms with Crippen molar-refractivity contribution in [3.8, 4) is 0 Å². The van der Waals surface area contributed by atoms with Crippen LogP contribution in [0.2, 0.25) is 0 Å². The van der Waals surface area contributed by atoms with E-state index in [1.54, 1.807) is 35.0 Å². The van der Waals surface area contributed by atoms with Gasteiger partial charge in [-0.25, -0.2) is 4.98 Å². The van der Waals surface area contributed by atoms with Crippen molar-refractivity contribution in [1.29, 1.82) is 0 Å². The molecule has 146 valence electrons. The maximum atomic E-state index is 12.5. The van der Waals surface area contributed by atoms with Gasteiger partial charge in [-0.05, 0) is 12.1 Å². The van der Waals surface area contributed by atoms with Crippen LogP contribution in [0.5, 0.6) is 0 Å². The van der Waals surface area contributed by atoms with Gasteiger partial charge in [-0.2, -0.15) is 0 Å². The number of fused-ring (bicyclic) bond motifs is 1. The van der Waals surface area contributed by atoms with E-state index in [0.29, 0.717) is 29.1 Å². The normalized spacial score (nSPS) is 12.9. The molecule has 0 fully saturated rings. The van der Waals surface area contributed by atoms with Crippen LogP contribution in [0.4, 0.5) is 0 Å². The predicted molar refractivity (Wildman–Crippen MR) is 95.0 cm³/mol. The maximum absolute atomic E-state index is 12.5. The van der Waals surface area contributed by atoms with Crippen LogP contribution >= 0.6 is 0 Å². The third kappa shape index (κ3) is 3.93. The van der Waals surface area contributed by atoms with Crippen molar-refractivity contribution in [2.45, 2.75) is 33.6 Å². The van der Waals surface area contributed by atoms with Gasteiger partial charge in [0, 0.05) is 38.7 Å². The Hall–Kier alpha value is -3.49. The van der Waals surface area contributed by atoms with Gasteiger partial charge in [-0.1, -0.05) is 12.1 Å². The molecule has 0 spiro atoms. The van der Waals surface area contributed by atoms with E-state index in [4.69, 9.17) is 9.47 Å². The third-order valence-corrected chi connectivity index (χ3v) is 4.29. The van der Waals surface area contributed by atoms with E-state index in [9.17, 15) is 19.2 Å². The number of rotatable bonds is 7. The second-order valence-electron chi connectivity index (χ2n) is 6.20. The minimum absolute atomic E-state index is 0.0797. The Morgan fingerprint density at radius 2 is 1.61 bits per heavy atom. The van der Waals surface area contributed by atoms with Crippen molar-refractivity contribution >= 4 is 23.8 Å². The minimum Gasteiger partial charge on any atom is -0.458 e. The number of hydrogen-bond donors (Lipinski definition) is 0. The fraction of sp³-hybridized carbons (Fsp3) is 0.316. The highest BCUT2D eigenvalue weighted by atomic mass is 16.5. The number of nitrogens with zero attached hydrogens (tertiary/aromatic N) is 3. The number of imide groups is 1. The Morgan fingerprint density at radius 1 is 1.00 bits per heavy atom. The summed E-state index contributed by atoms with van der Waals surface area (Å²) >= 11 is 0. The van der Waals surface area contributed by atoms with Crippen LogP contribution in [-0.4, -0.2) is 44.7 Å². The molecule has 3 rings (SSSR count). The summed E-state index contributed by atoms with van der Waals surface area (Å²) < 4.78 is 11.6. The molecular weight excluding hydrogens is 366 g/mol. The number of amides is 2. The van der Waals surface area contributed by atoms with Crippen molar-refractivity contribution < 1.29 is 28.7 Å². The van der Waals surface area contributed by atoms with Gasteiger partial charge in [0.25, 0.3) is 11.8 Å². The van der Waals surface area contributed by atoms with Crippen LogP contribution in [-0.2, 0) is 38.8 Å². The molecule has 0 atom stereocenters. The summed E-state index contributed by atoms with van der Waals surface area (Å²) in [6, 6.07) is 6.67. The molecule has 1 aliphatic heterocycles. The van der Waals surface area contributed by atoms with Gasteiger partial charge in [-0.3, -0.25) is 28.6 Å². The van der Waals surface area contributed by atoms with Gasteiger partial charge in [0.15, 0.2) is 6.73 Å². The van der Waals surface area contributed by atoms with E-state index in [-0.39, 0.29) is 31.7 Å². The lowest BCUT2D eigenvalue weighted by atomic mass is 10.1. The van der Waals surface area contributed by atoms with Gasteiger partial charge >= 0.3 is 11.9 Å². The van der Waals surface area contributed by atoms with E-state index >= 15 is 0 Å². The first kappa shape index (κ1) is 19.3. The summed E-state index contributed by atoms with van der Waals surface area (Å²) in [5, 5.41) is 0. The topological polar surface area (TPSA) is 108 Å². The van der Waals surface area contributed by atoms with Gasteiger partial charge in [0.05, 0.1) is 11.1 Å². The number of esters is 2. The van der Waals surface area contributed by atoms with Gasteiger partial charge < -0.3 is 9.47 Å². The van der Waals surface area contributed by atoms with Crippen molar-refractivity contribution in [2.24, 2.45) is 0 Å². The fourth-order valence-corrected chi connectivity index (χ4v) is 2.92. The van der Waals surface area contributed by atoms with Crippen LogP contribution < -0.4 is 0 Å². The first-order valence-corrected chi connectivity index (χ1v) is 8.63. The van der Waals surface area contributed by atoms with Crippen molar-refractivity contribution in [3.05, 3.63) is 53.1 Å². The van der Waals surface area contributed by atoms with Crippen molar-refractivity contribution in [1.82, 2.24) is 14.5 Å². The number of imidazole rings is 1. The summed E-state index contributed by atoms with van der Waals surface area (Å²) in [4.78, 5) is 52.5. The molecule has 1 aliphatic rings. The molecule has 0 N–H and O–H groups in total. The first-order chi connectivity index (χ1) is 13.4. The SMILES string of the molecule is CC(=O)OCc1ncc(CCN2C(=O)c3ccccc3C2=O)n1COC(C)=O. The van der Waals surface area contributed by atoms with E-state index in [1.165, 1.54) is 18.7 Å². The molecule has 1 aromatic heterocycles. The predicted octanol–water partition coefficient (Wildman–Crippen LogP) is 1.31. The molecule has 0 saturated heterocycles. The Morgan fingerprint density at radius 3 is 2.18 bits per heavy atom. The molecule has 0 unspecified atom stereocenters. The lowest BCUT2D eigenvalue weighted by Crippen LogP contribution is -2.32. The van der Waals surface area contributed by atoms with E-state index in [0.717, 1.165) is 0 Å². The summed E-state index contributed by atoms with van der Waals surface area (Å²) in [5.74, 6) is -1.22. The molecule has 9 heteroatoms. The monoisotopic (exact) mass is 385 g/mol. The Bertz CT molecular complexity index is 914. The van der Waals surface area contributed by atoms with Crippen LogP contribution in [0.3, 0.4) is 0 Å². The summed E-state index contributed by atoms with van der Waals surface area (Å²) in [6.07, 6.45) is 1.85. The highest BCUT2D eigenvalue weighted by molar-refractivity contribution is 6.21. The zero-order chi connectivity index (χ0) is 20.3. The maximum Gasteiger partial charge on any atom is 0.304 e. The zero-order valence-corrected chi connectivity index (χ0v) is 15.5. The zero-order valence-electron chi connectivity index (χ0n) is 15.5. The number of aromatic nitrogens is 2. The van der Waals surface area contributed by atoms with Crippen LogP contribution in [0.1, 0.15) is 46.1 Å². The molecule has 9 nitrogen and oxygen atoms in total. The second-order valence-corrected chi connectivity index (χ2v) is 6.20. The van der Waals surface area contributed by atoms with Crippen molar-refractivity contribution in [2.75, 3.05) is 6.54 Å². The van der Waals surface area contributed by atoms with Gasteiger partial charge in [0.2, 0.25) is 0 Å². The first-order valence-electron chi connectivity index (χ1n) is 8.63. The number of carbonyl (C=O) groups is 4. The highest BCUT2D eigenvalue weighted by Crippen LogP contribution is 2.22. The Labute approximate surface area is 160 Å². The van der Waals surface area contributed by atoms with Crippen molar-refractivity contribution in [3.63, 3.8) is 0 Å². The molecule has 0 radical (unpaired) electrons. The Kier molecular flexibility index (Phi) is 5.53. The smallest absolute Gasteiger partial charge is 0.304 e. The molecule has 0 saturated carbocycles. The lowest BCUT2D eigenvalue weighted by molar-refractivity contribution is -0.146. The molecule has 2 heterocycles. The standard InChI is InChI=1S/C19H19N3O6/c1-12(23)27-10-17-20-9-14(22(17)11-28-13(2)24)7-8-21-18(25)15-5-3-4-6-16(15)19(21)26/h3-6,9H,7-8,10-11H2,1-2H3. The van der Waals surface area contributed by atoms with Crippen LogP contribution in [0.25, 0.3) is 0 Å². The summed E-state index contributed by atoms with van der Waals surface area (Å²) in [5.41, 5.74) is 1.41. The second kappa shape index (κ2) is 8.03. The lowest BCUT2D eigenvalue weighted by Gasteiger charge is -2.15. The number of benzene rings is 1. The largest absolute Gasteiger partial charge is 0.458 e. The van der Waals surface area contributed by atoms with Crippen LogP contribution in [0.15, 0.2) is 30.5 Å². The number of carbonyl (C=O) groups excluding carboxylic acids is 4. The minimum atomic E-state index is -0.474. The quantitative estimate of drug-likeness (QED) is 0.522. The molecule has 28 heavy (non-hydrogen) atoms. The summed E-state index contributed by atoms with van der Waals surface area (Å²) in [7, 11) is 0. The van der Waals surface area contributed by atoms with E-state index in [2.05, 4.69) is 4.98 Å². The van der Waals surface area contributed by atoms with E-state index < -0.39 is 11.9 Å². The summed E-state index contributed by atoms with van der Waals surface area (Å²) in [6.45, 7) is 2.52. The van der Waals surface area contributed by atoms with Crippen LogP contribution in [0, 0.1) is 0 Å². The number of ether oxygens (including phenoxy) is 2. The average molecular weight is 385 g/mol. The molecule has 1 aromatic carbocycles. The average Bonchev–Trinajstić information content (AvgIpc) is 3.16. The fourth-order valence-electron chi connectivity index (χ4n) is 2.92. The molecular formula is C19H19N3O6. The molecule has 2 aromatic rings. The Balaban J connectivity index is 1.75. The van der Waals surface area contributed by atoms with E-state index in [1.807, 2.05) is 0 Å². The van der Waals surface area contributed by atoms with Gasteiger partial charge in [0.1, 0.15) is 12.4 Å². The molecule has 0 aliphatic carbocycles. The number of hydrogen-bond acceptors (Lipinski definition) is 7.